The minimum Gasteiger partial charge on any atom is -0.496 e. The fourth-order valence-corrected chi connectivity index (χ4v) is 2.81. The summed E-state index contributed by atoms with van der Waals surface area (Å²) in [5.74, 6) is 3.16. The molecule has 0 bridgehead atoms. The van der Waals surface area contributed by atoms with E-state index in [2.05, 4.69) is 5.16 Å². The van der Waals surface area contributed by atoms with Crippen molar-refractivity contribution in [1.82, 2.24) is 5.16 Å². The molecule has 2 aromatic carbocycles. The Morgan fingerprint density at radius 2 is 1.32 bits per heavy atom. The Bertz CT molecular complexity index is 892. The van der Waals surface area contributed by atoms with Crippen molar-refractivity contribution in [2.24, 2.45) is 0 Å². The quantitative estimate of drug-likeness (QED) is 0.568. The van der Waals surface area contributed by atoms with Crippen LogP contribution in [0.1, 0.15) is 19.4 Å². The van der Waals surface area contributed by atoms with Gasteiger partial charge in [-0.1, -0.05) is 19.0 Å². The molecule has 0 aliphatic carbocycles. The normalized spacial score (nSPS) is 9.96. The largest absolute Gasteiger partial charge is 0.496 e. The van der Waals surface area contributed by atoms with Crippen molar-refractivity contribution in [2.45, 2.75) is 20.8 Å². The molecule has 0 fully saturated rings. The van der Waals surface area contributed by atoms with E-state index < -0.39 is 0 Å². The average Bonchev–Trinajstić information content (AvgIpc) is 3.24. The molecule has 1 aromatic heterocycles. The lowest BCUT2D eigenvalue weighted by Gasteiger charge is -2.13. The maximum atomic E-state index is 5.53. The van der Waals surface area contributed by atoms with E-state index in [-0.39, 0.29) is 0 Å². The van der Waals surface area contributed by atoms with Gasteiger partial charge in [-0.25, -0.2) is 0 Å². The Labute approximate surface area is 166 Å². The highest BCUT2D eigenvalue weighted by atomic mass is 16.5. The zero-order valence-electron chi connectivity index (χ0n) is 17.5. The molecular formula is C22H27NO5. The zero-order valence-corrected chi connectivity index (χ0v) is 17.5. The fourth-order valence-electron chi connectivity index (χ4n) is 2.81. The van der Waals surface area contributed by atoms with Crippen LogP contribution in [-0.4, -0.2) is 33.6 Å². The molecular weight excluding hydrogens is 358 g/mol. The first-order chi connectivity index (χ1) is 13.6. The lowest BCUT2D eigenvalue weighted by atomic mass is 10.1. The van der Waals surface area contributed by atoms with Gasteiger partial charge in [0.15, 0.2) is 17.3 Å². The molecule has 0 saturated heterocycles. The van der Waals surface area contributed by atoms with Crippen molar-refractivity contribution in [2.75, 3.05) is 28.4 Å². The molecule has 0 aliphatic heterocycles. The predicted octanol–water partition coefficient (Wildman–Crippen LogP) is 5.38. The molecule has 0 radical (unpaired) electrons. The summed E-state index contributed by atoms with van der Waals surface area (Å²) in [6, 6.07) is 11.4. The van der Waals surface area contributed by atoms with E-state index in [1.54, 1.807) is 28.4 Å². The molecule has 3 aromatic rings. The van der Waals surface area contributed by atoms with E-state index in [9.17, 15) is 0 Å². The molecule has 0 unspecified atom stereocenters. The molecule has 6 nitrogen and oxygen atoms in total. The van der Waals surface area contributed by atoms with Gasteiger partial charge in [0.05, 0.1) is 28.4 Å². The SMILES string of the molecule is CC.COc1ccc(-c2cc(-c3cc(OC)c(OC)c(OC)c3)no2)cc1C. The molecule has 0 N–H and O–H groups in total. The third-order valence-corrected chi connectivity index (χ3v) is 4.15. The van der Waals surface area contributed by atoms with Crippen molar-refractivity contribution in [1.29, 1.82) is 0 Å². The number of aryl methyl sites for hydroxylation is 1. The van der Waals surface area contributed by atoms with Gasteiger partial charge in [-0.05, 0) is 42.8 Å². The minimum absolute atomic E-state index is 0.535. The lowest BCUT2D eigenvalue weighted by Crippen LogP contribution is -1.95. The van der Waals surface area contributed by atoms with Gasteiger partial charge in [0, 0.05) is 17.2 Å². The standard InChI is InChI=1S/C20H21NO5.C2H6/c1-12-8-13(6-7-16(12)22-2)17-11-15(21-26-17)14-9-18(23-3)20(25-5)19(10-14)24-4;1-2/h6-11H,1-5H3;1-2H3. The van der Waals surface area contributed by atoms with Gasteiger partial charge in [0.2, 0.25) is 5.75 Å². The minimum atomic E-state index is 0.535. The number of hydrogen-bond donors (Lipinski definition) is 0. The van der Waals surface area contributed by atoms with Crippen LogP contribution in [0.5, 0.6) is 23.0 Å². The second kappa shape index (κ2) is 9.69. The summed E-state index contributed by atoms with van der Waals surface area (Å²) in [5, 5.41) is 4.18. The molecule has 0 saturated carbocycles. The number of nitrogens with zero attached hydrogens (tertiary/aromatic N) is 1. The number of ether oxygens (including phenoxy) is 4. The van der Waals surface area contributed by atoms with Gasteiger partial charge in [0.1, 0.15) is 11.4 Å². The highest BCUT2D eigenvalue weighted by Gasteiger charge is 2.17. The predicted molar refractivity (Wildman–Crippen MR) is 110 cm³/mol. The molecule has 0 amide bonds. The summed E-state index contributed by atoms with van der Waals surface area (Å²) in [7, 11) is 6.38. The van der Waals surface area contributed by atoms with Crippen LogP contribution in [0.4, 0.5) is 0 Å². The van der Waals surface area contributed by atoms with Crippen LogP contribution in [0, 0.1) is 6.92 Å². The monoisotopic (exact) mass is 385 g/mol. The second-order valence-electron chi connectivity index (χ2n) is 5.67. The summed E-state index contributed by atoms with van der Waals surface area (Å²) in [5.41, 5.74) is 3.43. The van der Waals surface area contributed by atoms with Gasteiger partial charge in [-0.3, -0.25) is 0 Å². The Morgan fingerprint density at radius 1 is 0.714 bits per heavy atom. The first-order valence-corrected chi connectivity index (χ1v) is 9.03. The molecule has 28 heavy (non-hydrogen) atoms. The van der Waals surface area contributed by atoms with Crippen molar-refractivity contribution in [3.05, 3.63) is 42.0 Å². The Hall–Kier alpha value is -3.15. The van der Waals surface area contributed by atoms with E-state index in [1.165, 1.54) is 0 Å². The Morgan fingerprint density at radius 3 is 1.82 bits per heavy atom. The third kappa shape index (κ3) is 4.22. The van der Waals surface area contributed by atoms with Crippen LogP contribution in [0.3, 0.4) is 0 Å². The highest BCUT2D eigenvalue weighted by Crippen LogP contribution is 2.41. The molecule has 6 heteroatoms. The maximum Gasteiger partial charge on any atom is 0.203 e. The molecule has 0 spiro atoms. The summed E-state index contributed by atoms with van der Waals surface area (Å²) in [6.45, 7) is 5.98. The van der Waals surface area contributed by atoms with Gasteiger partial charge >= 0.3 is 0 Å². The van der Waals surface area contributed by atoms with Crippen LogP contribution >= 0.6 is 0 Å². The van der Waals surface area contributed by atoms with E-state index in [4.69, 9.17) is 23.5 Å². The fraction of sp³-hybridized carbons (Fsp3) is 0.318. The van der Waals surface area contributed by atoms with Gasteiger partial charge in [-0.2, -0.15) is 0 Å². The third-order valence-electron chi connectivity index (χ3n) is 4.15. The Balaban J connectivity index is 0.00000136. The first-order valence-electron chi connectivity index (χ1n) is 9.03. The van der Waals surface area contributed by atoms with Crippen molar-refractivity contribution >= 4 is 0 Å². The van der Waals surface area contributed by atoms with Gasteiger partial charge in [0.25, 0.3) is 0 Å². The van der Waals surface area contributed by atoms with Gasteiger partial charge < -0.3 is 23.5 Å². The van der Waals surface area contributed by atoms with Crippen molar-refractivity contribution in [3.63, 3.8) is 0 Å². The van der Waals surface area contributed by atoms with E-state index in [0.29, 0.717) is 28.7 Å². The number of methoxy groups -OCH3 is 4. The van der Waals surface area contributed by atoms with Crippen LogP contribution in [-0.2, 0) is 0 Å². The molecule has 3 rings (SSSR count). The number of aromatic nitrogens is 1. The van der Waals surface area contributed by atoms with Crippen LogP contribution in [0.2, 0.25) is 0 Å². The number of rotatable bonds is 6. The summed E-state index contributed by atoms with van der Waals surface area (Å²) < 4.78 is 27.0. The molecule has 1 heterocycles. The highest BCUT2D eigenvalue weighted by molar-refractivity contribution is 5.72. The molecule has 0 atom stereocenters. The topological polar surface area (TPSA) is 63.0 Å². The van der Waals surface area contributed by atoms with Gasteiger partial charge in [-0.15, -0.1) is 0 Å². The number of hydrogen-bond acceptors (Lipinski definition) is 6. The van der Waals surface area contributed by atoms with Crippen molar-refractivity contribution < 1.29 is 23.5 Å². The van der Waals surface area contributed by atoms with E-state index in [0.717, 1.165) is 22.4 Å². The lowest BCUT2D eigenvalue weighted by molar-refractivity contribution is 0.324. The maximum absolute atomic E-state index is 5.53. The van der Waals surface area contributed by atoms with Crippen molar-refractivity contribution in [3.8, 4) is 45.6 Å². The van der Waals surface area contributed by atoms with E-state index in [1.807, 2.05) is 57.2 Å². The zero-order chi connectivity index (χ0) is 20.7. The summed E-state index contributed by atoms with van der Waals surface area (Å²) in [4.78, 5) is 0. The van der Waals surface area contributed by atoms with Crippen LogP contribution < -0.4 is 18.9 Å². The molecule has 0 aliphatic rings. The smallest absolute Gasteiger partial charge is 0.203 e. The molecule has 150 valence electrons. The van der Waals surface area contributed by atoms with E-state index >= 15 is 0 Å². The summed E-state index contributed by atoms with van der Waals surface area (Å²) in [6.07, 6.45) is 0. The van der Waals surface area contributed by atoms with Crippen LogP contribution in [0.25, 0.3) is 22.6 Å². The average molecular weight is 385 g/mol. The van der Waals surface area contributed by atoms with Crippen LogP contribution in [0.15, 0.2) is 40.9 Å². The number of benzene rings is 2. The first kappa shape index (κ1) is 21.2. The summed E-state index contributed by atoms with van der Waals surface area (Å²) >= 11 is 0. The second-order valence-corrected chi connectivity index (χ2v) is 5.67. The Kier molecular flexibility index (Phi) is 7.32.